The Balaban J connectivity index is 2.13. The van der Waals surface area contributed by atoms with Crippen LogP contribution in [-0.2, 0) is 15.8 Å². The first-order chi connectivity index (χ1) is 9.67. The van der Waals surface area contributed by atoms with Gasteiger partial charge in [0.2, 0.25) is 5.91 Å². The van der Waals surface area contributed by atoms with Crippen LogP contribution in [0.3, 0.4) is 0 Å². The zero-order valence-corrected chi connectivity index (χ0v) is 11.2. The number of hydrogen-bond acceptors (Lipinski definition) is 2. The quantitative estimate of drug-likeness (QED) is 0.840. The van der Waals surface area contributed by atoms with Gasteiger partial charge in [-0.3, -0.25) is 9.59 Å². The highest BCUT2D eigenvalue weighted by Gasteiger charge is 2.57. The van der Waals surface area contributed by atoms with E-state index in [2.05, 4.69) is 5.32 Å². The molecule has 1 amide bonds. The summed E-state index contributed by atoms with van der Waals surface area (Å²) in [7, 11) is 0. The van der Waals surface area contributed by atoms with E-state index in [0.717, 1.165) is 12.1 Å². The van der Waals surface area contributed by atoms with Crippen molar-refractivity contribution in [2.24, 2.45) is 5.41 Å². The van der Waals surface area contributed by atoms with Crippen molar-refractivity contribution in [3.05, 3.63) is 35.4 Å². The number of benzene rings is 1. The van der Waals surface area contributed by atoms with E-state index in [9.17, 15) is 22.8 Å². The zero-order valence-electron chi connectivity index (χ0n) is 11.2. The van der Waals surface area contributed by atoms with Crippen molar-refractivity contribution in [3.8, 4) is 0 Å². The highest BCUT2D eigenvalue weighted by atomic mass is 19.4. The van der Waals surface area contributed by atoms with Gasteiger partial charge in [-0.05, 0) is 37.5 Å². The molecule has 1 atom stereocenters. The van der Waals surface area contributed by atoms with Crippen molar-refractivity contribution >= 4 is 11.9 Å². The molecule has 114 valence electrons. The number of amides is 1. The third-order valence-electron chi connectivity index (χ3n) is 3.66. The van der Waals surface area contributed by atoms with Gasteiger partial charge in [-0.1, -0.05) is 12.1 Å². The van der Waals surface area contributed by atoms with Crippen LogP contribution in [0.5, 0.6) is 0 Å². The number of aliphatic carboxylic acids is 1. The number of carbonyl (C=O) groups excluding carboxylic acids is 1. The summed E-state index contributed by atoms with van der Waals surface area (Å²) in [5.74, 6) is -1.85. The first-order valence-corrected chi connectivity index (χ1v) is 6.38. The van der Waals surface area contributed by atoms with E-state index in [4.69, 9.17) is 5.11 Å². The lowest BCUT2D eigenvalue weighted by Gasteiger charge is -2.18. The molecule has 1 aromatic carbocycles. The minimum atomic E-state index is -4.46. The van der Waals surface area contributed by atoms with Gasteiger partial charge in [-0.2, -0.15) is 13.2 Å². The highest BCUT2D eigenvalue weighted by molar-refractivity contribution is 6.04. The molecule has 4 nitrogen and oxygen atoms in total. The lowest BCUT2D eigenvalue weighted by atomic mass is 10.0. The summed E-state index contributed by atoms with van der Waals surface area (Å²) in [5, 5.41) is 11.5. The summed E-state index contributed by atoms with van der Waals surface area (Å²) in [6, 6.07) is 3.91. The first-order valence-electron chi connectivity index (χ1n) is 6.38. The van der Waals surface area contributed by atoms with Gasteiger partial charge in [0.15, 0.2) is 0 Å². The van der Waals surface area contributed by atoms with Gasteiger partial charge in [0.1, 0.15) is 5.41 Å². The number of carboxylic acid groups (broad SMARTS) is 1. The Labute approximate surface area is 119 Å². The minimum Gasteiger partial charge on any atom is -0.480 e. The molecule has 1 saturated carbocycles. The van der Waals surface area contributed by atoms with Crippen LogP contribution in [0.4, 0.5) is 13.2 Å². The molecule has 1 unspecified atom stereocenters. The fraction of sp³-hybridized carbons (Fsp3) is 0.429. The molecule has 1 aromatic rings. The van der Waals surface area contributed by atoms with Crippen LogP contribution in [0.2, 0.25) is 0 Å². The molecular formula is C14H14F3NO3. The number of rotatable bonds is 4. The molecule has 0 saturated heterocycles. The molecular weight excluding hydrogens is 287 g/mol. The van der Waals surface area contributed by atoms with Gasteiger partial charge in [0.05, 0.1) is 11.6 Å². The Morgan fingerprint density at radius 2 is 1.95 bits per heavy atom. The predicted octanol–water partition coefficient (Wildman–Crippen LogP) is 2.75. The van der Waals surface area contributed by atoms with E-state index < -0.39 is 35.1 Å². The van der Waals surface area contributed by atoms with Crippen LogP contribution < -0.4 is 5.32 Å². The second-order valence-electron chi connectivity index (χ2n) is 5.21. The maximum absolute atomic E-state index is 12.6. The van der Waals surface area contributed by atoms with E-state index in [-0.39, 0.29) is 18.4 Å². The molecule has 2 N–H and O–H groups in total. The summed E-state index contributed by atoms with van der Waals surface area (Å²) in [4.78, 5) is 22.9. The van der Waals surface area contributed by atoms with Crippen molar-refractivity contribution in [3.63, 3.8) is 0 Å². The van der Waals surface area contributed by atoms with Crippen LogP contribution >= 0.6 is 0 Å². The summed E-state index contributed by atoms with van der Waals surface area (Å²) in [6.45, 7) is 1.52. The van der Waals surface area contributed by atoms with Gasteiger partial charge >= 0.3 is 12.1 Å². The van der Waals surface area contributed by atoms with Crippen molar-refractivity contribution < 1.29 is 27.9 Å². The van der Waals surface area contributed by atoms with Gasteiger partial charge in [-0.15, -0.1) is 0 Å². The van der Waals surface area contributed by atoms with Gasteiger partial charge in [0.25, 0.3) is 0 Å². The van der Waals surface area contributed by atoms with Crippen LogP contribution in [-0.4, -0.2) is 17.0 Å². The second-order valence-corrected chi connectivity index (χ2v) is 5.21. The number of carbonyl (C=O) groups is 2. The Morgan fingerprint density at radius 1 is 1.33 bits per heavy atom. The summed E-state index contributed by atoms with van der Waals surface area (Å²) < 4.78 is 37.9. The van der Waals surface area contributed by atoms with Gasteiger partial charge < -0.3 is 10.4 Å². The molecule has 0 bridgehead atoms. The fourth-order valence-corrected chi connectivity index (χ4v) is 2.07. The summed E-state index contributed by atoms with van der Waals surface area (Å²) in [6.07, 6.45) is -3.95. The van der Waals surface area contributed by atoms with Crippen LogP contribution in [0.1, 0.15) is 36.9 Å². The lowest BCUT2D eigenvalue weighted by Crippen LogP contribution is -2.38. The molecule has 0 heterocycles. The molecule has 2 rings (SSSR count). The third kappa shape index (κ3) is 3.01. The molecule has 1 aliphatic rings. The number of carboxylic acids is 1. The molecule has 1 aliphatic carbocycles. The Hall–Kier alpha value is -2.05. The SMILES string of the molecule is CC(NC(=O)C1(C(=O)O)CC1)c1cccc(C(F)(F)F)c1. The van der Waals surface area contributed by atoms with Crippen LogP contribution in [0.25, 0.3) is 0 Å². The molecule has 0 aromatic heterocycles. The van der Waals surface area contributed by atoms with Gasteiger partial charge in [0, 0.05) is 0 Å². The predicted molar refractivity (Wildman–Crippen MR) is 67.3 cm³/mol. The Bertz CT molecular complexity index is 579. The van der Waals surface area contributed by atoms with Crippen molar-refractivity contribution in [2.75, 3.05) is 0 Å². The average Bonchev–Trinajstić information content (AvgIpc) is 3.19. The third-order valence-corrected chi connectivity index (χ3v) is 3.66. The monoisotopic (exact) mass is 301 g/mol. The molecule has 0 aliphatic heterocycles. The topological polar surface area (TPSA) is 66.4 Å². The van der Waals surface area contributed by atoms with Gasteiger partial charge in [-0.25, -0.2) is 0 Å². The Kier molecular flexibility index (Phi) is 3.69. The normalized spacial score (nSPS) is 17.9. The number of halogens is 3. The highest BCUT2D eigenvalue weighted by Crippen LogP contribution is 2.46. The molecule has 1 fully saturated rings. The average molecular weight is 301 g/mol. The van der Waals surface area contributed by atoms with E-state index in [0.29, 0.717) is 0 Å². The van der Waals surface area contributed by atoms with Crippen molar-refractivity contribution in [1.82, 2.24) is 5.32 Å². The maximum Gasteiger partial charge on any atom is 0.416 e. The molecule has 0 radical (unpaired) electrons. The molecule has 0 spiro atoms. The smallest absolute Gasteiger partial charge is 0.416 e. The fourth-order valence-electron chi connectivity index (χ4n) is 2.07. The summed E-state index contributed by atoms with van der Waals surface area (Å²) >= 11 is 0. The standard InChI is InChI=1S/C14H14F3NO3/c1-8(18-11(19)13(5-6-13)12(20)21)9-3-2-4-10(7-9)14(15,16)17/h2-4,7-8H,5-6H2,1H3,(H,18,19)(H,20,21). The Morgan fingerprint density at radius 3 is 2.43 bits per heavy atom. The second kappa shape index (κ2) is 5.05. The number of alkyl halides is 3. The van der Waals surface area contributed by atoms with E-state index >= 15 is 0 Å². The largest absolute Gasteiger partial charge is 0.480 e. The number of nitrogens with one attached hydrogen (secondary N) is 1. The van der Waals surface area contributed by atoms with E-state index in [1.165, 1.54) is 19.1 Å². The lowest BCUT2D eigenvalue weighted by molar-refractivity contribution is -0.149. The number of hydrogen-bond donors (Lipinski definition) is 2. The zero-order chi connectivity index (χ0) is 15.8. The van der Waals surface area contributed by atoms with E-state index in [1.807, 2.05) is 0 Å². The van der Waals surface area contributed by atoms with E-state index in [1.54, 1.807) is 0 Å². The summed E-state index contributed by atoms with van der Waals surface area (Å²) in [5.41, 5.74) is -1.93. The van der Waals surface area contributed by atoms with Crippen LogP contribution in [0, 0.1) is 5.41 Å². The first kappa shape index (κ1) is 15.3. The van der Waals surface area contributed by atoms with Crippen LogP contribution in [0.15, 0.2) is 24.3 Å². The minimum absolute atomic E-state index is 0.253. The van der Waals surface area contributed by atoms with Crippen molar-refractivity contribution in [2.45, 2.75) is 32.0 Å². The van der Waals surface area contributed by atoms with Crippen molar-refractivity contribution in [1.29, 1.82) is 0 Å². The molecule has 21 heavy (non-hydrogen) atoms. The molecule has 7 heteroatoms. The maximum atomic E-state index is 12.6.